The monoisotopic (exact) mass is 291 g/mol. The maximum atomic E-state index is 13.1. The molecule has 2 aromatic carbocycles. The Balaban J connectivity index is 2.13. The zero-order chi connectivity index (χ0) is 14.3. The summed E-state index contributed by atoms with van der Waals surface area (Å²) in [5, 5.41) is 0.642. The van der Waals surface area contributed by atoms with Crippen molar-refractivity contribution in [2.75, 3.05) is 0 Å². The van der Waals surface area contributed by atoms with Crippen molar-refractivity contribution >= 4 is 28.3 Å². The van der Waals surface area contributed by atoms with Crippen LogP contribution in [0, 0.1) is 11.6 Å². The quantitative estimate of drug-likeness (QED) is 0.700. The van der Waals surface area contributed by atoms with Crippen LogP contribution < -0.4 is 0 Å². The van der Waals surface area contributed by atoms with E-state index in [0.29, 0.717) is 16.5 Å². The molecule has 3 aromatic rings. The van der Waals surface area contributed by atoms with E-state index in [-0.39, 0.29) is 16.4 Å². The fourth-order valence-electron chi connectivity index (χ4n) is 2.10. The molecule has 2 nitrogen and oxygen atoms in total. The Kier molecular flexibility index (Phi) is 3.03. The molecule has 0 saturated carbocycles. The van der Waals surface area contributed by atoms with Crippen LogP contribution in [-0.4, -0.2) is 10.8 Å². The molecule has 0 aliphatic rings. The second kappa shape index (κ2) is 4.72. The molecule has 0 aliphatic carbocycles. The van der Waals surface area contributed by atoms with Gasteiger partial charge in [0.2, 0.25) is 0 Å². The van der Waals surface area contributed by atoms with E-state index < -0.39 is 11.6 Å². The Hall–Kier alpha value is -2.20. The van der Waals surface area contributed by atoms with Crippen molar-refractivity contribution in [1.82, 2.24) is 4.98 Å². The SMILES string of the molecule is O=C(c1ccc(F)cc1Cl)c1c[nH]c2cc(F)ccc12. The number of fused-ring (bicyclic) bond motifs is 1. The highest BCUT2D eigenvalue weighted by atomic mass is 35.5. The van der Waals surface area contributed by atoms with E-state index in [4.69, 9.17) is 11.6 Å². The molecule has 1 aromatic heterocycles. The van der Waals surface area contributed by atoms with Crippen LogP contribution in [0.3, 0.4) is 0 Å². The van der Waals surface area contributed by atoms with Crippen molar-refractivity contribution in [3.8, 4) is 0 Å². The van der Waals surface area contributed by atoms with Crippen LogP contribution in [0.2, 0.25) is 5.02 Å². The number of aromatic amines is 1. The smallest absolute Gasteiger partial charge is 0.196 e. The first-order valence-electron chi connectivity index (χ1n) is 5.82. The minimum absolute atomic E-state index is 0.0476. The van der Waals surface area contributed by atoms with Crippen LogP contribution in [0.15, 0.2) is 42.6 Å². The van der Waals surface area contributed by atoms with Gasteiger partial charge in [-0.15, -0.1) is 0 Å². The number of H-pyrrole nitrogens is 1. The Morgan fingerprint density at radius 2 is 1.70 bits per heavy atom. The van der Waals surface area contributed by atoms with Crippen LogP contribution in [0.25, 0.3) is 10.9 Å². The van der Waals surface area contributed by atoms with Crippen LogP contribution in [0.1, 0.15) is 15.9 Å². The summed E-state index contributed by atoms with van der Waals surface area (Å²) in [6.45, 7) is 0. The normalized spacial score (nSPS) is 10.9. The van der Waals surface area contributed by atoms with Gasteiger partial charge in [0.25, 0.3) is 0 Å². The van der Waals surface area contributed by atoms with E-state index in [1.165, 1.54) is 36.5 Å². The lowest BCUT2D eigenvalue weighted by molar-refractivity contribution is 0.104. The summed E-state index contributed by atoms with van der Waals surface area (Å²) in [5.74, 6) is -1.24. The van der Waals surface area contributed by atoms with E-state index in [9.17, 15) is 13.6 Å². The highest BCUT2D eigenvalue weighted by Crippen LogP contribution is 2.25. The molecule has 3 rings (SSSR count). The molecule has 100 valence electrons. The summed E-state index contributed by atoms with van der Waals surface area (Å²) in [6, 6.07) is 7.70. The third-order valence-corrected chi connectivity index (χ3v) is 3.38. The summed E-state index contributed by atoms with van der Waals surface area (Å²) in [5.41, 5.74) is 1.10. The molecule has 0 aliphatic heterocycles. The molecule has 0 atom stereocenters. The van der Waals surface area contributed by atoms with Crippen LogP contribution >= 0.6 is 11.6 Å². The largest absolute Gasteiger partial charge is 0.360 e. The minimum atomic E-state index is -0.507. The van der Waals surface area contributed by atoms with E-state index in [1.807, 2.05) is 0 Å². The van der Waals surface area contributed by atoms with Gasteiger partial charge in [0.1, 0.15) is 11.6 Å². The van der Waals surface area contributed by atoms with Gasteiger partial charge >= 0.3 is 0 Å². The van der Waals surface area contributed by atoms with Crippen molar-refractivity contribution in [2.24, 2.45) is 0 Å². The van der Waals surface area contributed by atoms with E-state index in [2.05, 4.69) is 4.98 Å². The molecule has 0 saturated heterocycles. The first kappa shape index (κ1) is 12.8. The fraction of sp³-hybridized carbons (Fsp3) is 0. The number of benzene rings is 2. The number of aromatic nitrogens is 1. The zero-order valence-corrected chi connectivity index (χ0v) is 10.8. The van der Waals surface area contributed by atoms with Crippen LogP contribution in [-0.2, 0) is 0 Å². The highest BCUT2D eigenvalue weighted by molar-refractivity contribution is 6.35. The van der Waals surface area contributed by atoms with Gasteiger partial charge < -0.3 is 4.98 Å². The van der Waals surface area contributed by atoms with Crippen LogP contribution in [0.4, 0.5) is 8.78 Å². The number of hydrogen-bond donors (Lipinski definition) is 1. The van der Waals surface area contributed by atoms with E-state index in [0.717, 1.165) is 6.07 Å². The predicted octanol–water partition coefficient (Wildman–Crippen LogP) is 4.33. The lowest BCUT2D eigenvalue weighted by atomic mass is 10.0. The van der Waals surface area contributed by atoms with E-state index in [1.54, 1.807) is 0 Å². The molecular formula is C15H8ClF2NO. The molecule has 20 heavy (non-hydrogen) atoms. The third kappa shape index (κ3) is 2.08. The predicted molar refractivity (Wildman–Crippen MR) is 73.1 cm³/mol. The van der Waals surface area contributed by atoms with Gasteiger partial charge in [-0.3, -0.25) is 4.79 Å². The lowest BCUT2D eigenvalue weighted by Crippen LogP contribution is -2.01. The Morgan fingerprint density at radius 1 is 1.00 bits per heavy atom. The van der Waals surface area contributed by atoms with Crippen molar-refractivity contribution in [1.29, 1.82) is 0 Å². The average molecular weight is 292 g/mol. The van der Waals surface area contributed by atoms with Gasteiger partial charge in [0.05, 0.1) is 5.02 Å². The summed E-state index contributed by atoms with van der Waals surface area (Å²) in [7, 11) is 0. The van der Waals surface area contributed by atoms with Crippen molar-refractivity contribution in [3.05, 3.63) is 70.4 Å². The average Bonchev–Trinajstić information content (AvgIpc) is 2.80. The van der Waals surface area contributed by atoms with Gasteiger partial charge in [-0.2, -0.15) is 0 Å². The van der Waals surface area contributed by atoms with Crippen LogP contribution in [0.5, 0.6) is 0 Å². The van der Waals surface area contributed by atoms with Gasteiger partial charge in [-0.1, -0.05) is 11.6 Å². The molecule has 5 heteroatoms. The molecule has 0 spiro atoms. The topological polar surface area (TPSA) is 32.9 Å². The fourth-order valence-corrected chi connectivity index (χ4v) is 2.36. The maximum Gasteiger partial charge on any atom is 0.196 e. The number of rotatable bonds is 2. The number of carbonyl (C=O) groups excluding carboxylic acids is 1. The summed E-state index contributed by atoms with van der Waals surface area (Å²) < 4.78 is 26.1. The first-order chi connectivity index (χ1) is 9.56. The second-order valence-electron chi connectivity index (χ2n) is 4.35. The lowest BCUT2D eigenvalue weighted by Gasteiger charge is -2.03. The van der Waals surface area contributed by atoms with Gasteiger partial charge in [-0.25, -0.2) is 8.78 Å². The number of halogens is 3. The molecule has 1 N–H and O–H groups in total. The highest BCUT2D eigenvalue weighted by Gasteiger charge is 2.17. The van der Waals surface area contributed by atoms with Crippen molar-refractivity contribution < 1.29 is 13.6 Å². The standard InChI is InChI=1S/C15H8ClF2NO/c16-13-5-8(17)2-4-11(13)15(20)12-7-19-14-6-9(18)1-3-10(12)14/h1-7,19H. The molecule has 0 amide bonds. The first-order valence-corrected chi connectivity index (χ1v) is 6.20. The van der Waals surface area contributed by atoms with Gasteiger partial charge in [0, 0.05) is 28.2 Å². The minimum Gasteiger partial charge on any atom is -0.360 e. The Morgan fingerprint density at radius 3 is 2.45 bits per heavy atom. The molecule has 0 bridgehead atoms. The third-order valence-electron chi connectivity index (χ3n) is 3.06. The molecule has 1 heterocycles. The Labute approximate surface area is 118 Å². The molecular weight excluding hydrogens is 284 g/mol. The van der Waals surface area contributed by atoms with Crippen molar-refractivity contribution in [3.63, 3.8) is 0 Å². The maximum absolute atomic E-state index is 13.1. The summed E-state index contributed by atoms with van der Waals surface area (Å²) in [4.78, 5) is 15.3. The molecule has 0 radical (unpaired) electrons. The number of carbonyl (C=O) groups is 1. The zero-order valence-electron chi connectivity index (χ0n) is 10.1. The summed E-state index contributed by atoms with van der Waals surface area (Å²) >= 11 is 5.89. The van der Waals surface area contributed by atoms with E-state index >= 15 is 0 Å². The number of ketones is 1. The van der Waals surface area contributed by atoms with Gasteiger partial charge in [-0.05, 0) is 36.4 Å². The Bertz CT molecular complexity index is 826. The van der Waals surface area contributed by atoms with Gasteiger partial charge in [0.15, 0.2) is 5.78 Å². The second-order valence-corrected chi connectivity index (χ2v) is 4.75. The number of nitrogens with one attached hydrogen (secondary N) is 1. The molecule has 0 unspecified atom stereocenters. The molecule has 0 fully saturated rings. The number of hydrogen-bond acceptors (Lipinski definition) is 1. The summed E-state index contributed by atoms with van der Waals surface area (Å²) in [6.07, 6.45) is 1.49. The van der Waals surface area contributed by atoms with Crippen molar-refractivity contribution in [2.45, 2.75) is 0 Å².